The fourth-order valence-corrected chi connectivity index (χ4v) is 2.96. The quantitative estimate of drug-likeness (QED) is 0.430. The molecule has 3 heterocycles. The van der Waals surface area contributed by atoms with Crippen molar-refractivity contribution < 1.29 is 24.5 Å². The Balaban J connectivity index is 1.80. The van der Waals surface area contributed by atoms with Crippen LogP contribution in [0.2, 0.25) is 0 Å². The highest BCUT2D eigenvalue weighted by Crippen LogP contribution is 2.32. The van der Waals surface area contributed by atoms with Crippen LogP contribution in [0.1, 0.15) is 20.1 Å². The van der Waals surface area contributed by atoms with E-state index in [1.807, 2.05) is 13.8 Å². The molecule has 0 aliphatic carbocycles. The highest BCUT2D eigenvalue weighted by molar-refractivity contribution is 6.02. The van der Waals surface area contributed by atoms with E-state index >= 15 is 0 Å². The standard InChI is InChI=1S/C18H26N6O5/c1-10(2)28-7-11-14(26)15(27)18(29-11)24-9-22-13-16(20-8-21-17(13)24)23-12(25)5-4-6-19-3/h4-5,8-11,14-15,18-19,26-27H,6-7H2,1-3H3,(H,20,21,23,25)/b5-4+/t11-,14-,15-,18-/m1/s1. The maximum Gasteiger partial charge on any atom is 0.249 e. The van der Waals surface area contributed by atoms with Crippen LogP contribution in [0.3, 0.4) is 0 Å². The molecule has 1 saturated heterocycles. The van der Waals surface area contributed by atoms with Crippen molar-refractivity contribution in [3.63, 3.8) is 0 Å². The minimum atomic E-state index is -1.19. The molecule has 2 aromatic rings. The normalized spacial score (nSPS) is 24.8. The van der Waals surface area contributed by atoms with E-state index in [-0.39, 0.29) is 24.4 Å². The van der Waals surface area contributed by atoms with E-state index in [4.69, 9.17) is 9.47 Å². The molecule has 0 unspecified atom stereocenters. The number of nitrogens with one attached hydrogen (secondary N) is 2. The first-order valence-corrected chi connectivity index (χ1v) is 9.35. The molecule has 0 spiro atoms. The second-order valence-electron chi connectivity index (χ2n) is 6.92. The van der Waals surface area contributed by atoms with Gasteiger partial charge in [-0.05, 0) is 20.9 Å². The number of hydrogen-bond acceptors (Lipinski definition) is 9. The topological polar surface area (TPSA) is 144 Å². The molecule has 1 aliphatic heterocycles. The van der Waals surface area contributed by atoms with E-state index in [0.717, 1.165) is 0 Å². The monoisotopic (exact) mass is 406 g/mol. The average Bonchev–Trinajstić information content (AvgIpc) is 3.23. The first-order valence-electron chi connectivity index (χ1n) is 9.35. The number of aliphatic hydroxyl groups is 2. The van der Waals surface area contributed by atoms with Crippen molar-refractivity contribution in [2.45, 2.75) is 44.5 Å². The molecule has 29 heavy (non-hydrogen) atoms. The predicted molar refractivity (Wildman–Crippen MR) is 104 cm³/mol. The molecular formula is C18H26N6O5. The van der Waals surface area contributed by atoms with Gasteiger partial charge in [-0.25, -0.2) is 15.0 Å². The van der Waals surface area contributed by atoms with Crippen LogP contribution in [0.5, 0.6) is 0 Å². The number of anilines is 1. The third kappa shape index (κ3) is 4.77. The molecule has 1 aliphatic rings. The average molecular weight is 406 g/mol. The van der Waals surface area contributed by atoms with Crippen molar-refractivity contribution in [3.8, 4) is 0 Å². The first-order chi connectivity index (χ1) is 13.9. The molecule has 4 N–H and O–H groups in total. The van der Waals surface area contributed by atoms with E-state index in [0.29, 0.717) is 17.7 Å². The minimum absolute atomic E-state index is 0.0304. The Labute approximate surface area is 167 Å². The molecule has 0 saturated carbocycles. The number of imidazole rings is 1. The highest BCUT2D eigenvalue weighted by atomic mass is 16.6. The Morgan fingerprint density at radius 1 is 1.34 bits per heavy atom. The van der Waals surface area contributed by atoms with Crippen LogP contribution in [0.4, 0.5) is 5.82 Å². The van der Waals surface area contributed by atoms with Crippen molar-refractivity contribution in [1.82, 2.24) is 24.8 Å². The fourth-order valence-electron chi connectivity index (χ4n) is 2.96. The number of aromatic nitrogens is 4. The Bertz CT molecular complexity index is 870. The molecule has 4 atom stereocenters. The number of nitrogens with zero attached hydrogens (tertiary/aromatic N) is 4. The van der Waals surface area contributed by atoms with Crippen LogP contribution in [0, 0.1) is 0 Å². The number of likely N-dealkylation sites (N-methyl/N-ethyl adjacent to an activating group) is 1. The highest BCUT2D eigenvalue weighted by Gasteiger charge is 2.44. The van der Waals surface area contributed by atoms with E-state index < -0.39 is 24.5 Å². The van der Waals surface area contributed by atoms with Gasteiger partial charge in [0, 0.05) is 12.6 Å². The first kappa shape index (κ1) is 21.3. The molecule has 11 heteroatoms. The van der Waals surface area contributed by atoms with Gasteiger partial charge in [0.2, 0.25) is 5.91 Å². The maximum atomic E-state index is 12.0. The van der Waals surface area contributed by atoms with Crippen LogP contribution >= 0.6 is 0 Å². The van der Waals surface area contributed by atoms with Crippen LogP contribution in [-0.2, 0) is 14.3 Å². The van der Waals surface area contributed by atoms with Gasteiger partial charge in [0.05, 0.1) is 19.0 Å². The number of carbonyl (C=O) groups excluding carboxylic acids is 1. The van der Waals surface area contributed by atoms with Gasteiger partial charge >= 0.3 is 0 Å². The fraction of sp³-hybridized carbons (Fsp3) is 0.556. The molecule has 2 aromatic heterocycles. The summed E-state index contributed by atoms with van der Waals surface area (Å²) >= 11 is 0. The summed E-state index contributed by atoms with van der Waals surface area (Å²) in [5, 5.41) is 26.3. The summed E-state index contributed by atoms with van der Waals surface area (Å²) in [5.74, 6) is -0.117. The number of ether oxygens (including phenoxy) is 2. The van der Waals surface area contributed by atoms with Crippen molar-refractivity contribution in [2.75, 3.05) is 25.5 Å². The van der Waals surface area contributed by atoms with E-state index in [1.165, 1.54) is 23.3 Å². The molecule has 11 nitrogen and oxygen atoms in total. The third-order valence-electron chi connectivity index (χ3n) is 4.40. The zero-order valence-corrected chi connectivity index (χ0v) is 16.5. The van der Waals surface area contributed by atoms with Crippen LogP contribution in [0.15, 0.2) is 24.8 Å². The van der Waals surface area contributed by atoms with Gasteiger partial charge in [-0.1, -0.05) is 6.08 Å². The van der Waals surface area contributed by atoms with Gasteiger partial charge in [-0.2, -0.15) is 0 Å². The number of rotatable bonds is 8. The van der Waals surface area contributed by atoms with E-state index in [9.17, 15) is 15.0 Å². The molecule has 3 rings (SSSR count). The Kier molecular flexibility index (Phi) is 6.87. The number of fused-ring (bicyclic) bond motifs is 1. The largest absolute Gasteiger partial charge is 0.387 e. The van der Waals surface area contributed by atoms with Crippen LogP contribution < -0.4 is 10.6 Å². The third-order valence-corrected chi connectivity index (χ3v) is 4.40. The summed E-state index contributed by atoms with van der Waals surface area (Å²) in [7, 11) is 1.78. The number of aliphatic hydroxyl groups excluding tert-OH is 2. The van der Waals surface area contributed by atoms with Crippen LogP contribution in [-0.4, -0.2) is 80.3 Å². The summed E-state index contributed by atoms with van der Waals surface area (Å²) in [5.41, 5.74) is 0.700. The van der Waals surface area contributed by atoms with Gasteiger partial charge in [-0.3, -0.25) is 9.36 Å². The zero-order valence-electron chi connectivity index (χ0n) is 16.5. The Hall–Kier alpha value is -2.44. The smallest absolute Gasteiger partial charge is 0.249 e. The molecule has 0 bridgehead atoms. The predicted octanol–water partition coefficient (Wildman–Crippen LogP) is -0.415. The van der Waals surface area contributed by atoms with E-state index in [2.05, 4.69) is 25.6 Å². The second kappa shape index (κ2) is 9.37. The Morgan fingerprint density at radius 2 is 2.14 bits per heavy atom. The molecule has 1 fully saturated rings. The van der Waals surface area contributed by atoms with Gasteiger partial charge in [0.25, 0.3) is 0 Å². The maximum absolute atomic E-state index is 12.0. The van der Waals surface area contributed by atoms with Gasteiger partial charge in [-0.15, -0.1) is 0 Å². The molecule has 0 radical (unpaired) electrons. The summed E-state index contributed by atoms with van der Waals surface area (Å²) < 4.78 is 12.8. The SMILES string of the molecule is CNC/C=C/C(=O)Nc1ncnc2c1ncn2[C@@H]1O[C@H](COC(C)C)[C@@H](O)[C@H]1O. The Morgan fingerprint density at radius 3 is 2.86 bits per heavy atom. The van der Waals surface area contributed by atoms with Crippen molar-refractivity contribution in [2.24, 2.45) is 0 Å². The second-order valence-corrected chi connectivity index (χ2v) is 6.92. The number of hydrogen-bond donors (Lipinski definition) is 4. The zero-order chi connectivity index (χ0) is 21.0. The van der Waals surface area contributed by atoms with Gasteiger partial charge < -0.3 is 30.3 Å². The molecule has 1 amide bonds. The molecule has 0 aromatic carbocycles. The lowest BCUT2D eigenvalue weighted by atomic mass is 10.1. The van der Waals surface area contributed by atoms with Crippen molar-refractivity contribution in [3.05, 3.63) is 24.8 Å². The minimum Gasteiger partial charge on any atom is -0.387 e. The summed E-state index contributed by atoms with van der Waals surface area (Å²) in [6, 6.07) is 0. The lowest BCUT2D eigenvalue weighted by molar-refractivity contribution is -0.111. The van der Waals surface area contributed by atoms with Crippen molar-refractivity contribution >= 4 is 22.9 Å². The summed E-state index contributed by atoms with van der Waals surface area (Å²) in [6.45, 7) is 4.45. The summed E-state index contributed by atoms with van der Waals surface area (Å²) in [4.78, 5) is 24.5. The number of amides is 1. The lowest BCUT2D eigenvalue weighted by Gasteiger charge is -2.17. The number of carbonyl (C=O) groups is 1. The van der Waals surface area contributed by atoms with Crippen LogP contribution in [0.25, 0.3) is 11.2 Å². The van der Waals surface area contributed by atoms with Gasteiger partial charge in [0.15, 0.2) is 23.2 Å². The lowest BCUT2D eigenvalue weighted by Crippen LogP contribution is -2.34. The van der Waals surface area contributed by atoms with Gasteiger partial charge in [0.1, 0.15) is 24.6 Å². The molecular weight excluding hydrogens is 380 g/mol. The summed E-state index contributed by atoms with van der Waals surface area (Å²) in [6.07, 6.45) is 1.86. The van der Waals surface area contributed by atoms with Crippen molar-refractivity contribution in [1.29, 1.82) is 0 Å². The molecule has 158 valence electrons. The van der Waals surface area contributed by atoms with E-state index in [1.54, 1.807) is 13.1 Å².